The number of nitrogens with one attached hydrogen (secondary N) is 1. The lowest BCUT2D eigenvalue weighted by atomic mass is 9.80. The molecule has 0 spiro atoms. The monoisotopic (exact) mass is 218 g/mol. The third kappa shape index (κ3) is 1.34. The van der Waals surface area contributed by atoms with Crippen molar-refractivity contribution >= 4 is 25.3 Å². The highest BCUT2D eigenvalue weighted by molar-refractivity contribution is 7.81. The number of fused-ring (bicyclic) bond motifs is 2. The molecular weight excluding hydrogens is 200 g/mol. The van der Waals surface area contributed by atoms with Crippen LogP contribution in [-0.2, 0) is 0 Å². The fraction of sp³-hybridized carbons (Fsp3) is 1.00. The maximum Gasteiger partial charge on any atom is 0.0464 e. The van der Waals surface area contributed by atoms with Gasteiger partial charge in [0, 0.05) is 28.1 Å². The Morgan fingerprint density at radius 1 is 1.62 bits per heavy atom. The van der Waals surface area contributed by atoms with E-state index in [2.05, 4.69) is 37.5 Å². The zero-order chi connectivity index (χ0) is 9.64. The minimum Gasteiger partial charge on any atom is -0.326 e. The predicted molar refractivity (Wildman–Crippen MR) is 62.7 cm³/mol. The lowest BCUT2D eigenvalue weighted by Crippen LogP contribution is -2.57. The van der Waals surface area contributed by atoms with Crippen LogP contribution in [0.1, 0.15) is 26.2 Å². The van der Waals surface area contributed by atoms with Crippen LogP contribution in [0.4, 0.5) is 0 Å². The van der Waals surface area contributed by atoms with Gasteiger partial charge >= 0.3 is 0 Å². The van der Waals surface area contributed by atoms with Gasteiger partial charge in [-0.15, -0.1) is 0 Å². The first-order valence-corrected chi connectivity index (χ1v) is 6.03. The van der Waals surface area contributed by atoms with E-state index in [1.165, 1.54) is 0 Å². The van der Waals surface area contributed by atoms with Crippen LogP contribution >= 0.6 is 25.3 Å². The second-order valence-electron chi connectivity index (χ2n) is 4.33. The molecule has 13 heavy (non-hydrogen) atoms. The number of rotatable bonds is 2. The van der Waals surface area contributed by atoms with Crippen LogP contribution in [0.25, 0.3) is 0 Å². The minimum atomic E-state index is 0.0644. The van der Waals surface area contributed by atoms with E-state index >= 15 is 0 Å². The van der Waals surface area contributed by atoms with Crippen LogP contribution < -0.4 is 11.1 Å². The average Bonchev–Trinajstić information content (AvgIpc) is 2.58. The molecule has 0 aromatic rings. The molecule has 4 heteroatoms. The van der Waals surface area contributed by atoms with Gasteiger partial charge in [0.2, 0.25) is 0 Å². The molecule has 0 aromatic heterocycles. The van der Waals surface area contributed by atoms with Crippen molar-refractivity contribution in [2.75, 3.05) is 0 Å². The smallest absolute Gasteiger partial charge is 0.0464 e. The maximum absolute atomic E-state index is 6.16. The largest absolute Gasteiger partial charge is 0.326 e. The van der Waals surface area contributed by atoms with E-state index in [0.29, 0.717) is 16.5 Å². The molecule has 2 bridgehead atoms. The van der Waals surface area contributed by atoms with Gasteiger partial charge in [-0.25, -0.2) is 0 Å². The Bertz CT molecular complexity index is 208. The van der Waals surface area contributed by atoms with Crippen molar-refractivity contribution in [2.24, 2.45) is 5.73 Å². The Labute approximate surface area is 90.8 Å². The van der Waals surface area contributed by atoms with E-state index in [-0.39, 0.29) is 11.6 Å². The molecule has 0 amide bonds. The van der Waals surface area contributed by atoms with Gasteiger partial charge in [0.05, 0.1) is 0 Å². The summed E-state index contributed by atoms with van der Waals surface area (Å²) in [7, 11) is 0. The third-order valence-corrected chi connectivity index (χ3v) is 4.85. The molecule has 0 aliphatic carbocycles. The molecule has 5 unspecified atom stereocenters. The molecule has 2 aliphatic rings. The quantitative estimate of drug-likeness (QED) is 0.518. The summed E-state index contributed by atoms with van der Waals surface area (Å²) in [5.74, 6) is 0. The van der Waals surface area contributed by atoms with Gasteiger partial charge in [0.15, 0.2) is 0 Å². The highest BCUT2D eigenvalue weighted by Gasteiger charge is 2.56. The number of nitrogens with two attached hydrogens (primary N) is 1. The second kappa shape index (κ2) is 3.33. The van der Waals surface area contributed by atoms with Crippen LogP contribution in [-0.4, -0.2) is 28.1 Å². The molecule has 2 saturated heterocycles. The molecule has 0 radical (unpaired) electrons. The minimum absolute atomic E-state index is 0.0644. The molecule has 3 N–H and O–H groups in total. The lowest BCUT2D eigenvalue weighted by Gasteiger charge is -2.37. The van der Waals surface area contributed by atoms with Gasteiger partial charge in [-0.1, -0.05) is 6.92 Å². The summed E-state index contributed by atoms with van der Waals surface area (Å²) in [4.78, 5) is 0. The van der Waals surface area contributed by atoms with Gasteiger partial charge in [0.25, 0.3) is 0 Å². The lowest BCUT2D eigenvalue weighted by molar-refractivity contribution is 0.316. The van der Waals surface area contributed by atoms with E-state index in [1.54, 1.807) is 0 Å². The van der Waals surface area contributed by atoms with Crippen molar-refractivity contribution in [3.63, 3.8) is 0 Å². The van der Waals surface area contributed by atoms with Crippen molar-refractivity contribution in [1.29, 1.82) is 0 Å². The highest BCUT2D eigenvalue weighted by Crippen LogP contribution is 2.44. The second-order valence-corrected chi connectivity index (χ2v) is 5.62. The van der Waals surface area contributed by atoms with Crippen LogP contribution in [0, 0.1) is 0 Å². The molecule has 0 aromatic carbocycles. The standard InChI is InChI=1S/C9H18N2S2/c1-2-7(10)9-4-6(12)5(11-9)3-8(9)13/h5-8,11-13H,2-4,10H2,1H3. The Kier molecular flexibility index (Phi) is 2.60. The molecule has 2 heterocycles. The van der Waals surface area contributed by atoms with E-state index in [1.807, 2.05) is 0 Å². The van der Waals surface area contributed by atoms with E-state index < -0.39 is 0 Å². The van der Waals surface area contributed by atoms with Gasteiger partial charge in [-0.3, -0.25) is 0 Å². The van der Waals surface area contributed by atoms with Gasteiger partial charge < -0.3 is 11.1 Å². The first kappa shape index (κ1) is 10.1. The van der Waals surface area contributed by atoms with Crippen LogP contribution in [0.2, 0.25) is 0 Å². The number of hydrogen-bond acceptors (Lipinski definition) is 4. The van der Waals surface area contributed by atoms with Gasteiger partial charge in [-0.05, 0) is 19.3 Å². The van der Waals surface area contributed by atoms with Crippen molar-refractivity contribution in [3.8, 4) is 0 Å². The van der Waals surface area contributed by atoms with E-state index in [9.17, 15) is 0 Å². The molecular formula is C9H18N2S2. The Balaban J connectivity index is 2.21. The summed E-state index contributed by atoms with van der Waals surface area (Å²) < 4.78 is 0. The topological polar surface area (TPSA) is 38.0 Å². The fourth-order valence-corrected chi connectivity index (χ4v) is 3.85. The summed E-state index contributed by atoms with van der Waals surface area (Å²) in [5, 5.41) is 4.50. The van der Waals surface area contributed by atoms with Crippen molar-refractivity contribution in [2.45, 2.75) is 54.3 Å². The van der Waals surface area contributed by atoms with Crippen LogP contribution in [0.3, 0.4) is 0 Å². The zero-order valence-corrected chi connectivity index (χ0v) is 9.69. The third-order valence-electron chi connectivity index (χ3n) is 3.64. The van der Waals surface area contributed by atoms with Crippen molar-refractivity contribution in [1.82, 2.24) is 5.32 Å². The predicted octanol–water partition coefficient (Wildman–Crippen LogP) is 0.825. The first-order chi connectivity index (χ1) is 6.10. The summed E-state index contributed by atoms with van der Waals surface area (Å²) in [6.07, 6.45) is 3.20. The molecule has 0 saturated carbocycles. The number of thiol groups is 2. The molecule has 5 atom stereocenters. The zero-order valence-electron chi connectivity index (χ0n) is 7.90. The highest BCUT2D eigenvalue weighted by atomic mass is 32.1. The van der Waals surface area contributed by atoms with Crippen molar-refractivity contribution < 1.29 is 0 Å². The SMILES string of the molecule is CCC(N)C12CC(S)C(CC1S)N2. The normalized spacial score (nSPS) is 51.2. The molecule has 76 valence electrons. The average molecular weight is 218 g/mol. The molecule has 2 fully saturated rings. The number of hydrogen-bond donors (Lipinski definition) is 4. The van der Waals surface area contributed by atoms with Crippen LogP contribution in [0.15, 0.2) is 0 Å². The Morgan fingerprint density at radius 2 is 2.31 bits per heavy atom. The summed E-state index contributed by atoms with van der Waals surface area (Å²) >= 11 is 9.22. The molecule has 2 aliphatic heterocycles. The molecule has 2 nitrogen and oxygen atoms in total. The van der Waals surface area contributed by atoms with Crippen LogP contribution in [0.5, 0.6) is 0 Å². The summed E-state index contributed by atoms with van der Waals surface area (Å²) in [6, 6.07) is 0.751. The van der Waals surface area contributed by atoms with Gasteiger partial charge in [-0.2, -0.15) is 25.3 Å². The maximum atomic E-state index is 6.16. The van der Waals surface area contributed by atoms with Gasteiger partial charge in [0.1, 0.15) is 0 Å². The Morgan fingerprint density at radius 3 is 2.77 bits per heavy atom. The fourth-order valence-electron chi connectivity index (χ4n) is 2.76. The molecule has 2 rings (SSSR count). The van der Waals surface area contributed by atoms with E-state index in [4.69, 9.17) is 5.73 Å². The first-order valence-electron chi connectivity index (χ1n) is 4.99. The Hall–Kier alpha value is 0.620. The summed E-state index contributed by atoms with van der Waals surface area (Å²) in [5.41, 5.74) is 6.22. The van der Waals surface area contributed by atoms with Crippen molar-refractivity contribution in [3.05, 3.63) is 0 Å². The van der Waals surface area contributed by atoms with E-state index in [0.717, 1.165) is 19.3 Å². The summed E-state index contributed by atoms with van der Waals surface area (Å²) in [6.45, 7) is 2.14.